The highest BCUT2D eigenvalue weighted by atomic mass is 16.5. The van der Waals surface area contributed by atoms with Crippen molar-refractivity contribution in [3.63, 3.8) is 0 Å². The molecule has 4 rings (SSSR count). The number of aromatic nitrogens is 1. The number of amides is 1. The fourth-order valence-electron chi connectivity index (χ4n) is 3.64. The highest BCUT2D eigenvalue weighted by Gasteiger charge is 2.35. The first-order chi connectivity index (χ1) is 12.2. The molecule has 2 aliphatic rings. The molecule has 0 bridgehead atoms. The number of benzene rings is 1. The zero-order valence-electron chi connectivity index (χ0n) is 14.2. The Bertz CT molecular complexity index is 787. The molecule has 4 nitrogen and oxygen atoms in total. The molecule has 25 heavy (non-hydrogen) atoms. The van der Waals surface area contributed by atoms with Crippen molar-refractivity contribution >= 4 is 12.0 Å². The summed E-state index contributed by atoms with van der Waals surface area (Å²) in [6.07, 6.45) is 11.0. The maximum Gasteiger partial charge on any atom is 0.226 e. The fourth-order valence-corrected chi connectivity index (χ4v) is 3.64. The molecule has 2 aliphatic heterocycles. The van der Waals surface area contributed by atoms with E-state index in [0.717, 1.165) is 49.2 Å². The molecular weight excluding hydrogens is 312 g/mol. The van der Waals surface area contributed by atoms with E-state index in [1.165, 1.54) is 0 Å². The van der Waals surface area contributed by atoms with Crippen LogP contribution in [0.1, 0.15) is 30.4 Å². The van der Waals surface area contributed by atoms with Gasteiger partial charge in [0.05, 0.1) is 6.42 Å². The van der Waals surface area contributed by atoms with Gasteiger partial charge in [-0.05, 0) is 42.7 Å². The van der Waals surface area contributed by atoms with Crippen molar-refractivity contribution in [1.82, 2.24) is 9.88 Å². The second kappa shape index (κ2) is 6.71. The zero-order valence-corrected chi connectivity index (χ0v) is 14.2. The van der Waals surface area contributed by atoms with Gasteiger partial charge in [0.2, 0.25) is 5.91 Å². The van der Waals surface area contributed by atoms with E-state index in [-0.39, 0.29) is 11.5 Å². The number of hydrogen-bond donors (Lipinski definition) is 0. The van der Waals surface area contributed by atoms with Crippen LogP contribution in [0, 0.1) is 0 Å². The summed E-state index contributed by atoms with van der Waals surface area (Å²) in [5.74, 6) is 1.13. The van der Waals surface area contributed by atoms with E-state index in [1.807, 2.05) is 35.2 Å². The molecule has 2 aromatic rings. The summed E-state index contributed by atoms with van der Waals surface area (Å²) in [6.45, 7) is 1.53. The van der Waals surface area contributed by atoms with Gasteiger partial charge in [0.1, 0.15) is 11.4 Å². The molecule has 0 radical (unpaired) electrons. The van der Waals surface area contributed by atoms with Crippen molar-refractivity contribution in [3.05, 3.63) is 66.0 Å². The number of para-hydroxylation sites is 1. The lowest BCUT2D eigenvalue weighted by molar-refractivity contribution is -0.130. The van der Waals surface area contributed by atoms with Crippen molar-refractivity contribution in [2.24, 2.45) is 0 Å². The average Bonchev–Trinajstić information content (AvgIpc) is 2.85. The molecule has 1 aromatic carbocycles. The van der Waals surface area contributed by atoms with Gasteiger partial charge in [0, 0.05) is 37.5 Å². The van der Waals surface area contributed by atoms with E-state index in [1.54, 1.807) is 12.4 Å². The van der Waals surface area contributed by atoms with Gasteiger partial charge in [0.15, 0.2) is 0 Å². The summed E-state index contributed by atoms with van der Waals surface area (Å²) in [4.78, 5) is 18.6. The largest absolute Gasteiger partial charge is 0.483 e. The summed E-state index contributed by atoms with van der Waals surface area (Å²) < 4.78 is 6.35. The SMILES string of the molecule is O=C(Cc1ccncc1)N1CCCC2(C=Cc3ccccc3O2)CC1. The fraction of sp³-hybridized carbons (Fsp3) is 0.333. The lowest BCUT2D eigenvalue weighted by Crippen LogP contribution is -2.38. The number of likely N-dealkylation sites (tertiary alicyclic amines) is 1. The van der Waals surface area contributed by atoms with Crippen molar-refractivity contribution in [2.75, 3.05) is 13.1 Å². The molecule has 1 aromatic heterocycles. The third kappa shape index (κ3) is 3.43. The predicted octanol–water partition coefficient (Wildman–Crippen LogP) is 3.48. The Labute approximate surface area is 148 Å². The summed E-state index contributed by atoms with van der Waals surface area (Å²) in [5.41, 5.74) is 1.87. The van der Waals surface area contributed by atoms with Crippen LogP contribution in [-0.2, 0) is 11.2 Å². The maximum absolute atomic E-state index is 12.6. The first kappa shape index (κ1) is 15.9. The van der Waals surface area contributed by atoms with Gasteiger partial charge in [-0.2, -0.15) is 0 Å². The van der Waals surface area contributed by atoms with Gasteiger partial charge in [-0.15, -0.1) is 0 Å². The summed E-state index contributed by atoms with van der Waals surface area (Å²) in [5, 5.41) is 0. The van der Waals surface area contributed by atoms with Crippen LogP contribution < -0.4 is 4.74 Å². The van der Waals surface area contributed by atoms with E-state index in [0.29, 0.717) is 6.42 Å². The smallest absolute Gasteiger partial charge is 0.226 e. The number of carbonyl (C=O) groups excluding carboxylic acids is 1. The number of nitrogens with zero attached hydrogens (tertiary/aromatic N) is 2. The quantitative estimate of drug-likeness (QED) is 0.844. The van der Waals surface area contributed by atoms with Crippen LogP contribution in [0.25, 0.3) is 6.08 Å². The average molecular weight is 334 g/mol. The van der Waals surface area contributed by atoms with Crippen molar-refractivity contribution < 1.29 is 9.53 Å². The topological polar surface area (TPSA) is 42.4 Å². The highest BCUT2D eigenvalue weighted by Crippen LogP contribution is 2.36. The maximum atomic E-state index is 12.6. The van der Waals surface area contributed by atoms with Crippen molar-refractivity contribution in [1.29, 1.82) is 0 Å². The first-order valence-corrected chi connectivity index (χ1v) is 8.88. The predicted molar refractivity (Wildman–Crippen MR) is 97.2 cm³/mol. The molecule has 1 saturated heterocycles. The minimum Gasteiger partial charge on any atom is -0.483 e. The molecule has 4 heteroatoms. The van der Waals surface area contributed by atoms with Crippen LogP contribution in [0.3, 0.4) is 0 Å². The van der Waals surface area contributed by atoms with Gasteiger partial charge >= 0.3 is 0 Å². The molecule has 1 spiro atoms. The number of pyridine rings is 1. The van der Waals surface area contributed by atoms with Crippen molar-refractivity contribution in [2.45, 2.75) is 31.3 Å². The number of hydrogen-bond acceptors (Lipinski definition) is 3. The number of fused-ring (bicyclic) bond motifs is 1. The molecule has 1 atom stereocenters. The van der Waals surface area contributed by atoms with Gasteiger partial charge < -0.3 is 9.64 Å². The van der Waals surface area contributed by atoms with Gasteiger partial charge in [-0.25, -0.2) is 0 Å². The van der Waals surface area contributed by atoms with Crippen molar-refractivity contribution in [3.8, 4) is 5.75 Å². The second-order valence-electron chi connectivity index (χ2n) is 6.80. The number of rotatable bonds is 2. The van der Waals surface area contributed by atoms with Crippen LogP contribution in [0.4, 0.5) is 0 Å². The molecule has 1 amide bonds. The minimum atomic E-state index is -0.278. The summed E-state index contributed by atoms with van der Waals surface area (Å²) in [7, 11) is 0. The normalized spacial score (nSPS) is 22.2. The summed E-state index contributed by atoms with van der Waals surface area (Å²) >= 11 is 0. The molecule has 0 N–H and O–H groups in total. The number of carbonyl (C=O) groups is 1. The Morgan fingerprint density at radius 2 is 1.96 bits per heavy atom. The molecule has 1 fully saturated rings. The van der Waals surface area contributed by atoms with Crippen LogP contribution in [0.2, 0.25) is 0 Å². The lowest BCUT2D eigenvalue weighted by Gasteiger charge is -2.34. The van der Waals surface area contributed by atoms with E-state index in [2.05, 4.69) is 23.2 Å². The number of ether oxygens (including phenoxy) is 1. The van der Waals surface area contributed by atoms with Gasteiger partial charge in [-0.1, -0.05) is 24.3 Å². The third-order valence-electron chi connectivity index (χ3n) is 5.09. The molecule has 0 saturated carbocycles. The van der Waals surface area contributed by atoms with E-state index < -0.39 is 0 Å². The third-order valence-corrected chi connectivity index (χ3v) is 5.09. The Morgan fingerprint density at radius 3 is 2.84 bits per heavy atom. The van der Waals surface area contributed by atoms with E-state index in [9.17, 15) is 4.79 Å². The van der Waals surface area contributed by atoms with Crippen LogP contribution in [0.5, 0.6) is 5.75 Å². The standard InChI is InChI=1S/C21H22N2O2/c24-20(16-17-7-12-22-13-8-17)23-14-3-9-21(11-15-23)10-6-18-4-1-2-5-19(18)25-21/h1-2,4-8,10,12-13H,3,9,11,14-16H2. The van der Waals surface area contributed by atoms with E-state index in [4.69, 9.17) is 4.74 Å². The molecule has 3 heterocycles. The molecular formula is C21H22N2O2. The van der Waals surface area contributed by atoms with E-state index >= 15 is 0 Å². The second-order valence-corrected chi connectivity index (χ2v) is 6.80. The molecule has 1 unspecified atom stereocenters. The van der Waals surface area contributed by atoms with Gasteiger partial charge in [0.25, 0.3) is 0 Å². The Balaban J connectivity index is 1.43. The monoisotopic (exact) mass is 334 g/mol. The summed E-state index contributed by atoms with van der Waals surface area (Å²) in [6, 6.07) is 11.9. The zero-order chi connectivity index (χ0) is 17.1. The Kier molecular flexibility index (Phi) is 4.26. The van der Waals surface area contributed by atoms with Gasteiger partial charge in [-0.3, -0.25) is 9.78 Å². The lowest BCUT2D eigenvalue weighted by atomic mass is 9.91. The first-order valence-electron chi connectivity index (χ1n) is 8.88. The Hall–Kier alpha value is -2.62. The highest BCUT2D eigenvalue weighted by molar-refractivity contribution is 5.78. The van der Waals surface area contributed by atoms with Crippen LogP contribution in [0.15, 0.2) is 54.9 Å². The molecule has 0 aliphatic carbocycles. The van der Waals surface area contributed by atoms with Crippen LogP contribution >= 0.6 is 0 Å². The molecule has 128 valence electrons. The Morgan fingerprint density at radius 1 is 1.12 bits per heavy atom. The minimum absolute atomic E-state index is 0.184. The van der Waals surface area contributed by atoms with Crippen LogP contribution in [-0.4, -0.2) is 34.5 Å².